The standard InChI is InChI=1S/C13H24N2O4/c1-3-5-6-11(12(16)17)14-7-9-15(10-8-14)13(18)19-4-2/h11H,3-10H2,1-2H3,(H,16,17). The quantitative estimate of drug-likeness (QED) is 0.791. The number of carbonyl (C=O) groups is 2. The first kappa shape index (κ1) is 15.8. The molecule has 1 amide bonds. The Labute approximate surface area is 114 Å². The summed E-state index contributed by atoms with van der Waals surface area (Å²) in [7, 11) is 0. The molecule has 19 heavy (non-hydrogen) atoms. The van der Waals surface area contributed by atoms with Gasteiger partial charge in [0, 0.05) is 26.2 Å². The molecule has 1 saturated heterocycles. The third kappa shape index (κ3) is 4.70. The minimum Gasteiger partial charge on any atom is -0.480 e. The first-order valence-electron chi connectivity index (χ1n) is 6.98. The molecule has 1 aliphatic rings. The maximum Gasteiger partial charge on any atom is 0.409 e. The Kier molecular flexibility index (Phi) is 6.62. The van der Waals surface area contributed by atoms with Crippen LogP contribution in [-0.2, 0) is 9.53 Å². The first-order chi connectivity index (χ1) is 9.10. The Bertz CT molecular complexity index is 301. The van der Waals surface area contributed by atoms with Crippen molar-refractivity contribution in [3.8, 4) is 0 Å². The van der Waals surface area contributed by atoms with E-state index in [4.69, 9.17) is 4.74 Å². The van der Waals surface area contributed by atoms with Crippen molar-refractivity contribution in [2.24, 2.45) is 0 Å². The van der Waals surface area contributed by atoms with E-state index < -0.39 is 12.0 Å². The molecule has 6 heteroatoms. The molecule has 0 bridgehead atoms. The lowest BCUT2D eigenvalue weighted by Crippen LogP contribution is -2.54. The third-order valence-electron chi connectivity index (χ3n) is 3.40. The van der Waals surface area contributed by atoms with Crippen molar-refractivity contribution >= 4 is 12.1 Å². The second kappa shape index (κ2) is 7.99. The smallest absolute Gasteiger partial charge is 0.409 e. The van der Waals surface area contributed by atoms with Gasteiger partial charge in [-0.25, -0.2) is 4.79 Å². The monoisotopic (exact) mass is 272 g/mol. The van der Waals surface area contributed by atoms with Crippen molar-refractivity contribution in [2.45, 2.75) is 39.2 Å². The van der Waals surface area contributed by atoms with Crippen molar-refractivity contribution in [2.75, 3.05) is 32.8 Å². The first-order valence-corrected chi connectivity index (χ1v) is 6.98. The fraction of sp³-hybridized carbons (Fsp3) is 0.846. The van der Waals surface area contributed by atoms with Crippen molar-refractivity contribution < 1.29 is 19.4 Å². The maximum atomic E-state index is 11.5. The number of piperazine rings is 1. The van der Waals surface area contributed by atoms with E-state index in [1.54, 1.807) is 11.8 Å². The van der Waals surface area contributed by atoms with E-state index in [-0.39, 0.29) is 6.09 Å². The molecule has 0 aromatic carbocycles. The lowest BCUT2D eigenvalue weighted by molar-refractivity contribution is -0.144. The molecule has 6 nitrogen and oxygen atoms in total. The molecule has 0 aromatic rings. The van der Waals surface area contributed by atoms with Crippen LogP contribution in [0.3, 0.4) is 0 Å². The Hall–Kier alpha value is -1.30. The molecule has 1 heterocycles. The van der Waals surface area contributed by atoms with Crippen LogP contribution in [0.2, 0.25) is 0 Å². The number of nitrogens with zero attached hydrogens (tertiary/aromatic N) is 2. The predicted octanol–water partition coefficient (Wildman–Crippen LogP) is 1.40. The summed E-state index contributed by atoms with van der Waals surface area (Å²) in [5.74, 6) is -0.766. The van der Waals surface area contributed by atoms with E-state index >= 15 is 0 Å². The highest BCUT2D eigenvalue weighted by atomic mass is 16.6. The molecule has 1 N–H and O–H groups in total. The van der Waals surface area contributed by atoms with Gasteiger partial charge in [-0.1, -0.05) is 19.8 Å². The summed E-state index contributed by atoms with van der Waals surface area (Å²) in [5.41, 5.74) is 0. The van der Waals surface area contributed by atoms with Gasteiger partial charge in [0.25, 0.3) is 0 Å². The minimum absolute atomic E-state index is 0.303. The zero-order chi connectivity index (χ0) is 14.3. The Morgan fingerprint density at radius 2 is 1.84 bits per heavy atom. The fourth-order valence-electron chi connectivity index (χ4n) is 2.29. The molecule has 1 fully saturated rings. The number of carboxylic acid groups (broad SMARTS) is 1. The van der Waals surface area contributed by atoms with Gasteiger partial charge in [0.15, 0.2) is 0 Å². The van der Waals surface area contributed by atoms with Gasteiger partial charge in [0.05, 0.1) is 6.61 Å². The highest BCUT2D eigenvalue weighted by Crippen LogP contribution is 2.13. The Morgan fingerprint density at radius 1 is 1.21 bits per heavy atom. The molecular weight excluding hydrogens is 248 g/mol. The van der Waals surface area contributed by atoms with Gasteiger partial charge >= 0.3 is 12.1 Å². The van der Waals surface area contributed by atoms with Crippen LogP contribution in [0, 0.1) is 0 Å². The lowest BCUT2D eigenvalue weighted by atomic mass is 10.1. The largest absolute Gasteiger partial charge is 0.480 e. The van der Waals surface area contributed by atoms with Gasteiger partial charge in [0.1, 0.15) is 6.04 Å². The molecule has 1 atom stereocenters. The zero-order valence-corrected chi connectivity index (χ0v) is 11.8. The number of amides is 1. The van der Waals surface area contributed by atoms with Crippen molar-refractivity contribution in [3.05, 3.63) is 0 Å². The molecule has 0 aromatic heterocycles. The minimum atomic E-state index is -0.766. The number of unbranched alkanes of at least 4 members (excludes halogenated alkanes) is 1. The summed E-state index contributed by atoms with van der Waals surface area (Å²) in [6.07, 6.45) is 2.27. The van der Waals surface area contributed by atoms with Crippen molar-refractivity contribution in [1.82, 2.24) is 9.80 Å². The number of hydrogen-bond acceptors (Lipinski definition) is 4. The van der Waals surface area contributed by atoms with Gasteiger partial charge in [-0.15, -0.1) is 0 Å². The van der Waals surface area contributed by atoms with Gasteiger partial charge < -0.3 is 14.7 Å². The van der Waals surface area contributed by atoms with Crippen LogP contribution in [0.25, 0.3) is 0 Å². The number of aliphatic carboxylic acids is 1. The van der Waals surface area contributed by atoms with Crippen LogP contribution in [0.5, 0.6) is 0 Å². The average Bonchev–Trinajstić information content (AvgIpc) is 2.40. The fourth-order valence-corrected chi connectivity index (χ4v) is 2.29. The van der Waals surface area contributed by atoms with Gasteiger partial charge in [0.2, 0.25) is 0 Å². The Morgan fingerprint density at radius 3 is 2.32 bits per heavy atom. The molecule has 0 radical (unpaired) electrons. The summed E-state index contributed by atoms with van der Waals surface area (Å²) >= 11 is 0. The van der Waals surface area contributed by atoms with Crippen LogP contribution in [0.15, 0.2) is 0 Å². The van der Waals surface area contributed by atoms with E-state index in [0.29, 0.717) is 39.2 Å². The van der Waals surface area contributed by atoms with Crippen LogP contribution >= 0.6 is 0 Å². The molecular formula is C13H24N2O4. The van der Waals surface area contributed by atoms with E-state index in [1.165, 1.54) is 0 Å². The van der Waals surface area contributed by atoms with Gasteiger partial charge in [-0.3, -0.25) is 9.69 Å². The molecule has 0 saturated carbocycles. The molecule has 1 aliphatic heterocycles. The van der Waals surface area contributed by atoms with Crippen molar-refractivity contribution in [3.63, 3.8) is 0 Å². The summed E-state index contributed by atoms with van der Waals surface area (Å²) in [4.78, 5) is 26.4. The summed E-state index contributed by atoms with van der Waals surface area (Å²) in [6.45, 7) is 6.47. The average molecular weight is 272 g/mol. The number of rotatable bonds is 6. The second-order valence-corrected chi connectivity index (χ2v) is 4.72. The summed E-state index contributed by atoms with van der Waals surface area (Å²) in [6, 6.07) is -0.427. The van der Waals surface area contributed by atoms with E-state index in [9.17, 15) is 14.7 Å². The normalized spacial score (nSPS) is 18.1. The van der Waals surface area contributed by atoms with E-state index in [0.717, 1.165) is 12.8 Å². The van der Waals surface area contributed by atoms with Crippen LogP contribution < -0.4 is 0 Å². The lowest BCUT2D eigenvalue weighted by Gasteiger charge is -2.37. The molecule has 0 aliphatic carbocycles. The van der Waals surface area contributed by atoms with Crippen molar-refractivity contribution in [1.29, 1.82) is 0 Å². The van der Waals surface area contributed by atoms with Crippen LogP contribution in [0.4, 0.5) is 4.79 Å². The highest BCUT2D eigenvalue weighted by molar-refractivity contribution is 5.73. The molecule has 1 unspecified atom stereocenters. The number of ether oxygens (including phenoxy) is 1. The molecule has 110 valence electrons. The Balaban J connectivity index is 2.46. The topological polar surface area (TPSA) is 70.1 Å². The maximum absolute atomic E-state index is 11.5. The van der Waals surface area contributed by atoms with Crippen LogP contribution in [-0.4, -0.2) is 65.8 Å². The third-order valence-corrected chi connectivity index (χ3v) is 3.40. The number of carbonyl (C=O) groups excluding carboxylic acids is 1. The van der Waals surface area contributed by atoms with Gasteiger partial charge in [-0.05, 0) is 13.3 Å². The molecule has 0 spiro atoms. The molecule has 1 rings (SSSR count). The van der Waals surface area contributed by atoms with Gasteiger partial charge in [-0.2, -0.15) is 0 Å². The zero-order valence-electron chi connectivity index (χ0n) is 11.8. The van der Waals surface area contributed by atoms with E-state index in [2.05, 4.69) is 6.92 Å². The highest BCUT2D eigenvalue weighted by Gasteiger charge is 2.30. The van der Waals surface area contributed by atoms with Crippen LogP contribution in [0.1, 0.15) is 33.1 Å². The number of hydrogen-bond donors (Lipinski definition) is 1. The van der Waals surface area contributed by atoms with E-state index in [1.807, 2.05) is 4.90 Å². The number of carboxylic acids is 1. The summed E-state index contributed by atoms with van der Waals surface area (Å²) in [5, 5.41) is 9.26. The SMILES string of the molecule is CCCCC(C(=O)O)N1CCN(C(=O)OCC)CC1. The summed E-state index contributed by atoms with van der Waals surface area (Å²) < 4.78 is 4.94. The second-order valence-electron chi connectivity index (χ2n) is 4.72. The predicted molar refractivity (Wildman–Crippen MR) is 71.1 cm³/mol.